The predicted molar refractivity (Wildman–Crippen MR) is 160 cm³/mol. The highest BCUT2D eigenvalue weighted by molar-refractivity contribution is 5.97. The molecule has 12 nitrogen and oxygen atoms in total. The number of aryl methyl sites for hydroxylation is 1. The van der Waals surface area contributed by atoms with E-state index in [9.17, 15) is 19.2 Å². The fourth-order valence-corrected chi connectivity index (χ4v) is 5.87. The summed E-state index contributed by atoms with van der Waals surface area (Å²) < 4.78 is 1.74. The molecule has 3 heterocycles. The number of amides is 4. The molecule has 0 spiro atoms. The Kier molecular flexibility index (Phi) is 9.02. The first-order valence-electron chi connectivity index (χ1n) is 15.0. The van der Waals surface area contributed by atoms with Crippen molar-refractivity contribution in [2.75, 3.05) is 39.8 Å². The number of likely N-dealkylation sites (N-methyl/N-ethyl adjacent to an activating group) is 1. The Hall–Kier alpha value is -4.35. The van der Waals surface area contributed by atoms with Gasteiger partial charge in [-0.05, 0) is 50.2 Å². The van der Waals surface area contributed by atoms with Crippen LogP contribution in [0.5, 0.6) is 0 Å². The van der Waals surface area contributed by atoms with Crippen molar-refractivity contribution in [1.82, 2.24) is 39.8 Å². The van der Waals surface area contributed by atoms with Gasteiger partial charge in [0.1, 0.15) is 12.2 Å². The van der Waals surface area contributed by atoms with Crippen LogP contribution in [0, 0.1) is 5.92 Å². The lowest BCUT2D eigenvalue weighted by Gasteiger charge is -2.36. The summed E-state index contributed by atoms with van der Waals surface area (Å²) in [5.41, 5.74) is 3.57. The number of hydrogen-bond acceptors (Lipinski definition) is 7. The maximum atomic E-state index is 14.1. The van der Waals surface area contributed by atoms with Crippen molar-refractivity contribution in [3.05, 3.63) is 53.1 Å². The molecule has 0 radical (unpaired) electrons. The lowest BCUT2D eigenvalue weighted by molar-refractivity contribution is -0.134. The van der Waals surface area contributed by atoms with Crippen molar-refractivity contribution < 1.29 is 19.2 Å². The molecule has 0 fully saturated rings. The zero-order chi connectivity index (χ0) is 30.7. The summed E-state index contributed by atoms with van der Waals surface area (Å²) in [6.07, 6.45) is 4.57. The number of para-hydroxylation sites is 2. The van der Waals surface area contributed by atoms with Gasteiger partial charge in [-0.25, -0.2) is 4.98 Å². The number of benzene rings is 1. The van der Waals surface area contributed by atoms with Crippen molar-refractivity contribution >= 4 is 34.7 Å². The van der Waals surface area contributed by atoms with Crippen LogP contribution in [-0.2, 0) is 29.5 Å². The summed E-state index contributed by atoms with van der Waals surface area (Å²) >= 11 is 0. The standard InChI is InChI=1S/C31H40N8O4/c1-20(2)12-15-39-21-10-11-26-22(16-21)29(35-37(26)4)31(43)36(3)18-27(40)32-13-7-14-38(19-28(39)41)30(42)25-17-33-23-8-5-6-9-24(23)34-25/h5-6,8-9,17,20-21H,7,10-16,18-19H2,1-4H3,(H,32,40). The number of rotatable bonds is 4. The summed E-state index contributed by atoms with van der Waals surface area (Å²) in [5, 5.41) is 7.37. The van der Waals surface area contributed by atoms with Crippen molar-refractivity contribution in [2.45, 2.75) is 52.0 Å². The molecule has 4 amide bonds. The zero-order valence-electron chi connectivity index (χ0n) is 25.4. The maximum absolute atomic E-state index is 14.1. The molecule has 0 saturated carbocycles. The minimum Gasteiger partial charge on any atom is -0.354 e. The quantitative estimate of drug-likeness (QED) is 0.492. The van der Waals surface area contributed by atoms with E-state index in [1.807, 2.05) is 30.1 Å². The third-order valence-electron chi connectivity index (χ3n) is 8.28. The molecule has 1 aromatic carbocycles. The minimum atomic E-state index is -0.381. The number of nitrogens with one attached hydrogen (secondary N) is 1. The van der Waals surface area contributed by atoms with Gasteiger partial charge in [-0.1, -0.05) is 26.0 Å². The number of hydrogen-bond donors (Lipinski definition) is 1. The Labute approximate surface area is 251 Å². The SMILES string of the molecule is CC(C)CCN1C(=O)CN(C(=O)c2cnc3ccccc3n2)CCCNC(=O)CN(C)C(=O)c2nn(C)c3c2CC1CC3. The molecule has 2 aliphatic rings. The van der Waals surface area contributed by atoms with Crippen molar-refractivity contribution in [2.24, 2.45) is 13.0 Å². The molecule has 43 heavy (non-hydrogen) atoms. The Morgan fingerprint density at radius 2 is 1.86 bits per heavy atom. The monoisotopic (exact) mass is 588 g/mol. The molecule has 2 bridgehead atoms. The van der Waals surface area contributed by atoms with Gasteiger partial charge < -0.3 is 20.0 Å². The highest BCUT2D eigenvalue weighted by Crippen LogP contribution is 2.29. The highest BCUT2D eigenvalue weighted by atomic mass is 16.2. The van der Waals surface area contributed by atoms with Crippen LogP contribution >= 0.6 is 0 Å². The largest absolute Gasteiger partial charge is 0.354 e. The molecule has 1 aliphatic heterocycles. The molecule has 12 heteroatoms. The number of aromatic nitrogens is 4. The van der Waals surface area contributed by atoms with E-state index < -0.39 is 0 Å². The molecule has 2 aromatic heterocycles. The van der Waals surface area contributed by atoms with Gasteiger partial charge in [-0.2, -0.15) is 5.10 Å². The number of fused-ring (bicyclic) bond motifs is 2. The third-order valence-corrected chi connectivity index (χ3v) is 8.28. The zero-order valence-corrected chi connectivity index (χ0v) is 25.4. The number of nitrogens with zero attached hydrogens (tertiary/aromatic N) is 7. The fraction of sp³-hybridized carbons (Fsp3) is 0.516. The maximum Gasteiger partial charge on any atom is 0.274 e. The Morgan fingerprint density at radius 3 is 2.63 bits per heavy atom. The highest BCUT2D eigenvalue weighted by Gasteiger charge is 2.35. The van der Waals surface area contributed by atoms with E-state index in [4.69, 9.17) is 0 Å². The summed E-state index contributed by atoms with van der Waals surface area (Å²) in [5.74, 6) is -0.770. The molecular formula is C31H40N8O4. The van der Waals surface area contributed by atoms with Crippen LogP contribution in [-0.4, -0.2) is 104 Å². The Balaban J connectivity index is 1.48. The smallest absolute Gasteiger partial charge is 0.274 e. The van der Waals surface area contributed by atoms with Crippen LogP contribution in [0.15, 0.2) is 30.5 Å². The number of carbonyl (C=O) groups is 4. The average molecular weight is 589 g/mol. The molecule has 1 unspecified atom stereocenters. The van der Waals surface area contributed by atoms with Crippen molar-refractivity contribution in [3.63, 3.8) is 0 Å². The first-order chi connectivity index (χ1) is 20.6. The minimum absolute atomic E-state index is 0.109. The lowest BCUT2D eigenvalue weighted by atomic mass is 9.89. The van der Waals surface area contributed by atoms with E-state index in [2.05, 4.69) is 34.2 Å². The van der Waals surface area contributed by atoms with E-state index in [1.165, 1.54) is 16.0 Å². The molecule has 1 aliphatic carbocycles. The lowest BCUT2D eigenvalue weighted by Crippen LogP contribution is -2.50. The predicted octanol–water partition coefficient (Wildman–Crippen LogP) is 1.83. The van der Waals surface area contributed by atoms with Gasteiger partial charge in [-0.3, -0.25) is 28.8 Å². The van der Waals surface area contributed by atoms with Crippen LogP contribution in [0.1, 0.15) is 65.3 Å². The second-order valence-electron chi connectivity index (χ2n) is 11.9. The van der Waals surface area contributed by atoms with Gasteiger partial charge in [-0.15, -0.1) is 0 Å². The molecule has 5 rings (SSSR count). The first kappa shape index (κ1) is 30.1. The average Bonchev–Trinajstić information content (AvgIpc) is 3.32. The molecule has 0 saturated heterocycles. The first-order valence-corrected chi connectivity index (χ1v) is 15.0. The van der Waals surface area contributed by atoms with Crippen LogP contribution < -0.4 is 5.32 Å². The molecule has 1 N–H and O–H groups in total. The molecule has 1 atom stereocenters. The van der Waals surface area contributed by atoms with Gasteiger partial charge in [0.15, 0.2) is 5.69 Å². The van der Waals surface area contributed by atoms with Gasteiger partial charge in [0.2, 0.25) is 11.8 Å². The number of carbonyl (C=O) groups excluding carboxylic acids is 4. The normalized spacial score (nSPS) is 18.9. The second kappa shape index (κ2) is 12.9. The summed E-state index contributed by atoms with van der Waals surface area (Å²) in [4.78, 5) is 67.7. The fourth-order valence-electron chi connectivity index (χ4n) is 5.87. The van der Waals surface area contributed by atoms with Crippen LogP contribution in [0.2, 0.25) is 0 Å². The van der Waals surface area contributed by atoms with E-state index in [1.54, 1.807) is 17.8 Å². The van der Waals surface area contributed by atoms with Gasteiger partial charge >= 0.3 is 0 Å². The van der Waals surface area contributed by atoms with E-state index in [0.29, 0.717) is 48.5 Å². The van der Waals surface area contributed by atoms with E-state index >= 15 is 0 Å². The van der Waals surface area contributed by atoms with E-state index in [0.717, 1.165) is 24.1 Å². The van der Waals surface area contributed by atoms with Crippen LogP contribution in [0.25, 0.3) is 11.0 Å². The van der Waals surface area contributed by atoms with Gasteiger partial charge in [0.05, 0.1) is 23.8 Å². The summed E-state index contributed by atoms with van der Waals surface area (Å²) in [6.45, 7) is 5.08. The van der Waals surface area contributed by atoms with Crippen LogP contribution in [0.3, 0.4) is 0 Å². The Bertz CT molecular complexity index is 1530. The van der Waals surface area contributed by atoms with Crippen molar-refractivity contribution in [3.8, 4) is 0 Å². The van der Waals surface area contributed by atoms with E-state index in [-0.39, 0.29) is 61.5 Å². The van der Waals surface area contributed by atoms with Crippen molar-refractivity contribution in [1.29, 1.82) is 0 Å². The summed E-state index contributed by atoms with van der Waals surface area (Å²) in [6, 6.07) is 7.18. The van der Waals surface area contributed by atoms with Gasteiger partial charge in [0.25, 0.3) is 11.8 Å². The molecule has 228 valence electrons. The third kappa shape index (κ3) is 6.68. The van der Waals surface area contributed by atoms with Crippen LogP contribution in [0.4, 0.5) is 0 Å². The topological polar surface area (TPSA) is 134 Å². The Morgan fingerprint density at radius 1 is 1.09 bits per heavy atom. The summed E-state index contributed by atoms with van der Waals surface area (Å²) in [7, 11) is 3.42. The second-order valence-corrected chi connectivity index (χ2v) is 11.9. The van der Waals surface area contributed by atoms with Gasteiger partial charge in [0, 0.05) is 51.0 Å². The molecule has 3 aromatic rings. The molecular weight excluding hydrogens is 548 g/mol.